The van der Waals surface area contributed by atoms with Crippen LogP contribution in [-0.2, 0) is 6.42 Å². The number of benzene rings is 1. The highest BCUT2D eigenvalue weighted by Gasteiger charge is 2.22. The largest absolute Gasteiger partial charge is 0.486 e. The lowest BCUT2D eigenvalue weighted by Crippen LogP contribution is -2.19. The third-order valence-corrected chi connectivity index (χ3v) is 2.75. The van der Waals surface area contributed by atoms with Crippen LogP contribution in [0.5, 0.6) is 11.5 Å². The molecule has 0 bridgehead atoms. The van der Waals surface area contributed by atoms with Crippen molar-refractivity contribution in [3.63, 3.8) is 0 Å². The quantitative estimate of drug-likeness (QED) is 0.814. The molecule has 86 valence electrons. The van der Waals surface area contributed by atoms with Crippen LogP contribution in [0.3, 0.4) is 0 Å². The number of hydrogen-bond acceptors (Lipinski definition) is 4. The van der Waals surface area contributed by atoms with Gasteiger partial charge in [0.2, 0.25) is 0 Å². The Morgan fingerprint density at radius 3 is 2.69 bits per heavy atom. The van der Waals surface area contributed by atoms with Crippen LogP contribution in [0.1, 0.15) is 15.9 Å². The Morgan fingerprint density at radius 2 is 2.06 bits per heavy atom. The molecule has 1 aromatic rings. The number of rotatable bonds is 3. The molecule has 1 aliphatic heterocycles. The number of ether oxygens (including phenoxy) is 2. The first-order valence-corrected chi connectivity index (χ1v) is 5.42. The lowest BCUT2D eigenvalue weighted by Gasteiger charge is -2.23. The summed E-state index contributed by atoms with van der Waals surface area (Å²) < 4.78 is 10.9. The SMILES string of the molecule is NCCc1c(Cl)cc(C=O)c2c1OCCO2. The number of nitrogens with two attached hydrogens (primary N) is 1. The average molecular weight is 242 g/mol. The average Bonchev–Trinajstić information content (AvgIpc) is 2.32. The topological polar surface area (TPSA) is 61.6 Å². The first-order valence-electron chi connectivity index (χ1n) is 5.04. The molecule has 1 heterocycles. The van der Waals surface area contributed by atoms with Crippen molar-refractivity contribution in [2.24, 2.45) is 5.73 Å². The molecule has 2 rings (SSSR count). The Balaban J connectivity index is 2.57. The van der Waals surface area contributed by atoms with Gasteiger partial charge in [-0.1, -0.05) is 11.6 Å². The van der Waals surface area contributed by atoms with Crippen LogP contribution in [0.15, 0.2) is 6.07 Å². The molecule has 1 aromatic carbocycles. The van der Waals surface area contributed by atoms with E-state index in [2.05, 4.69) is 0 Å². The lowest BCUT2D eigenvalue weighted by molar-refractivity contribution is 0.111. The first-order chi connectivity index (χ1) is 7.77. The molecule has 0 spiro atoms. The zero-order valence-electron chi connectivity index (χ0n) is 8.66. The summed E-state index contributed by atoms with van der Waals surface area (Å²) in [6.45, 7) is 1.37. The van der Waals surface area contributed by atoms with Gasteiger partial charge in [-0.05, 0) is 19.0 Å². The molecule has 4 nitrogen and oxygen atoms in total. The summed E-state index contributed by atoms with van der Waals surface area (Å²) in [6, 6.07) is 1.59. The smallest absolute Gasteiger partial charge is 0.172 e. The summed E-state index contributed by atoms with van der Waals surface area (Å²) in [4.78, 5) is 10.9. The molecule has 1 aliphatic rings. The summed E-state index contributed by atoms with van der Waals surface area (Å²) in [6.07, 6.45) is 1.31. The van der Waals surface area contributed by atoms with Crippen LogP contribution < -0.4 is 15.2 Å². The number of hydrogen-bond donors (Lipinski definition) is 1. The van der Waals surface area contributed by atoms with Crippen molar-refractivity contribution in [3.05, 3.63) is 22.2 Å². The van der Waals surface area contributed by atoms with E-state index in [1.165, 1.54) is 0 Å². The second-order valence-electron chi connectivity index (χ2n) is 3.44. The fraction of sp³-hybridized carbons (Fsp3) is 0.364. The van der Waals surface area contributed by atoms with Crippen molar-refractivity contribution in [3.8, 4) is 11.5 Å². The third-order valence-electron chi connectivity index (χ3n) is 2.41. The first kappa shape index (κ1) is 11.2. The van der Waals surface area contributed by atoms with Gasteiger partial charge in [-0.2, -0.15) is 0 Å². The predicted octanol–water partition coefficient (Wildman–Crippen LogP) is 1.42. The third kappa shape index (κ3) is 1.86. The Morgan fingerprint density at radius 1 is 1.38 bits per heavy atom. The normalized spacial score (nSPS) is 13.6. The van der Waals surface area contributed by atoms with Gasteiger partial charge < -0.3 is 15.2 Å². The van der Waals surface area contributed by atoms with Crippen molar-refractivity contribution >= 4 is 17.9 Å². The summed E-state index contributed by atoms with van der Waals surface area (Å²) in [5.41, 5.74) is 6.74. The molecule has 0 atom stereocenters. The molecule has 0 radical (unpaired) electrons. The maximum Gasteiger partial charge on any atom is 0.172 e. The van der Waals surface area contributed by atoms with Crippen LogP contribution in [0.4, 0.5) is 0 Å². The van der Waals surface area contributed by atoms with Crippen LogP contribution >= 0.6 is 11.6 Å². The Labute approximate surface area is 98.3 Å². The van der Waals surface area contributed by atoms with E-state index in [9.17, 15) is 4.79 Å². The van der Waals surface area contributed by atoms with Crippen molar-refractivity contribution in [2.75, 3.05) is 19.8 Å². The minimum absolute atomic E-state index is 0.417. The lowest BCUT2D eigenvalue weighted by atomic mass is 10.1. The second kappa shape index (κ2) is 4.72. The van der Waals surface area contributed by atoms with Crippen molar-refractivity contribution in [2.45, 2.75) is 6.42 Å². The highest BCUT2D eigenvalue weighted by atomic mass is 35.5. The molecule has 2 N–H and O–H groups in total. The molecule has 0 fully saturated rings. The molecule has 0 aromatic heterocycles. The molecule has 5 heteroatoms. The van der Waals surface area contributed by atoms with E-state index in [0.717, 1.165) is 5.56 Å². The van der Waals surface area contributed by atoms with Gasteiger partial charge in [-0.3, -0.25) is 4.79 Å². The number of carbonyl (C=O) groups excluding carboxylic acids is 1. The van der Waals surface area contributed by atoms with E-state index in [1.807, 2.05) is 0 Å². The van der Waals surface area contributed by atoms with Crippen LogP contribution in [0.2, 0.25) is 5.02 Å². The van der Waals surface area contributed by atoms with Gasteiger partial charge in [0.15, 0.2) is 17.8 Å². The van der Waals surface area contributed by atoms with E-state index in [4.69, 9.17) is 26.8 Å². The summed E-state index contributed by atoms with van der Waals surface area (Å²) in [5, 5.41) is 0.497. The molecule has 0 saturated heterocycles. The Bertz CT molecular complexity index is 420. The molecule has 0 unspecified atom stereocenters. The fourth-order valence-electron chi connectivity index (χ4n) is 1.72. The maximum atomic E-state index is 10.9. The standard InChI is InChI=1S/C11H12ClNO3/c12-9-5-7(6-14)10-11(8(9)1-2-13)16-4-3-15-10/h5-6H,1-4,13H2. The zero-order chi connectivity index (χ0) is 11.5. The number of halogens is 1. The number of carbonyl (C=O) groups is 1. The predicted molar refractivity (Wildman–Crippen MR) is 60.6 cm³/mol. The van der Waals surface area contributed by atoms with E-state index in [1.54, 1.807) is 6.07 Å². The molecular weight excluding hydrogens is 230 g/mol. The zero-order valence-corrected chi connectivity index (χ0v) is 9.42. The van der Waals surface area contributed by atoms with Gasteiger partial charge >= 0.3 is 0 Å². The molecule has 0 amide bonds. The molecule has 16 heavy (non-hydrogen) atoms. The van der Waals surface area contributed by atoms with Crippen molar-refractivity contribution < 1.29 is 14.3 Å². The molecular formula is C11H12ClNO3. The Hall–Kier alpha value is -1.26. The van der Waals surface area contributed by atoms with Gasteiger partial charge in [0.1, 0.15) is 13.2 Å². The van der Waals surface area contributed by atoms with Crippen molar-refractivity contribution in [1.29, 1.82) is 0 Å². The number of fused-ring (bicyclic) bond motifs is 1. The fourth-order valence-corrected chi connectivity index (χ4v) is 2.02. The van der Waals surface area contributed by atoms with Gasteiger partial charge in [0.25, 0.3) is 0 Å². The highest BCUT2D eigenvalue weighted by molar-refractivity contribution is 6.32. The number of aldehydes is 1. The van der Waals surface area contributed by atoms with Crippen LogP contribution in [0.25, 0.3) is 0 Å². The van der Waals surface area contributed by atoms with E-state index >= 15 is 0 Å². The summed E-state index contributed by atoms with van der Waals surface area (Å²) in [7, 11) is 0. The maximum absolute atomic E-state index is 10.9. The van der Waals surface area contributed by atoms with E-state index in [0.29, 0.717) is 54.6 Å². The molecule has 0 saturated carbocycles. The minimum Gasteiger partial charge on any atom is -0.486 e. The highest BCUT2D eigenvalue weighted by Crippen LogP contribution is 2.40. The van der Waals surface area contributed by atoms with Gasteiger partial charge in [0, 0.05) is 10.6 Å². The summed E-state index contributed by atoms with van der Waals surface area (Å²) >= 11 is 6.07. The van der Waals surface area contributed by atoms with E-state index in [-0.39, 0.29) is 0 Å². The minimum atomic E-state index is 0.417. The van der Waals surface area contributed by atoms with Crippen LogP contribution in [0, 0.1) is 0 Å². The van der Waals surface area contributed by atoms with Gasteiger partial charge in [-0.25, -0.2) is 0 Å². The van der Waals surface area contributed by atoms with Crippen LogP contribution in [-0.4, -0.2) is 26.0 Å². The van der Waals surface area contributed by atoms with Gasteiger partial charge in [0.05, 0.1) is 5.56 Å². The van der Waals surface area contributed by atoms with E-state index < -0.39 is 0 Å². The summed E-state index contributed by atoms with van der Waals surface area (Å²) in [5.74, 6) is 1.04. The Kier molecular flexibility index (Phi) is 3.31. The van der Waals surface area contributed by atoms with Crippen molar-refractivity contribution in [1.82, 2.24) is 0 Å². The second-order valence-corrected chi connectivity index (χ2v) is 3.85. The molecule has 0 aliphatic carbocycles. The van der Waals surface area contributed by atoms with Gasteiger partial charge in [-0.15, -0.1) is 0 Å². The monoisotopic (exact) mass is 241 g/mol.